The van der Waals surface area contributed by atoms with Gasteiger partial charge in [-0.15, -0.1) is 0 Å². The number of amides is 1. The first-order chi connectivity index (χ1) is 11.6. The Hall–Kier alpha value is -1.26. The number of ether oxygens (including phenoxy) is 1. The molecule has 1 aliphatic carbocycles. The molecule has 1 aliphatic heterocycles. The summed E-state index contributed by atoms with van der Waals surface area (Å²) in [5, 5.41) is 0.429. The molecular weight excluding hydrogens is 361 g/mol. The number of likely N-dealkylation sites (tertiary alicyclic amines) is 1. The highest BCUT2D eigenvalue weighted by molar-refractivity contribution is 6.43. The van der Waals surface area contributed by atoms with Crippen LogP contribution in [0, 0.1) is 10.8 Å². The minimum atomic E-state index is -0.630. The van der Waals surface area contributed by atoms with Crippen molar-refractivity contribution >= 4 is 35.1 Å². The van der Waals surface area contributed by atoms with Gasteiger partial charge in [0.25, 0.3) is 5.91 Å². The summed E-state index contributed by atoms with van der Waals surface area (Å²) in [7, 11) is 0. The Balaban J connectivity index is 1.64. The highest BCUT2D eigenvalue weighted by atomic mass is 35.5. The van der Waals surface area contributed by atoms with Gasteiger partial charge in [0.1, 0.15) is 0 Å². The number of rotatable bonds is 3. The first kappa shape index (κ1) is 18.5. The molecule has 25 heavy (non-hydrogen) atoms. The molecule has 1 amide bonds. The molecule has 2 fully saturated rings. The molecule has 1 heterocycles. The van der Waals surface area contributed by atoms with Crippen molar-refractivity contribution in [2.45, 2.75) is 46.1 Å². The van der Waals surface area contributed by atoms with E-state index in [-0.39, 0.29) is 45.0 Å². The van der Waals surface area contributed by atoms with Gasteiger partial charge in [0.15, 0.2) is 6.61 Å². The Labute approximate surface area is 158 Å². The predicted molar refractivity (Wildman–Crippen MR) is 98.0 cm³/mol. The molecule has 0 aromatic heterocycles. The molecule has 0 unspecified atom stereocenters. The van der Waals surface area contributed by atoms with Crippen LogP contribution < -0.4 is 0 Å². The molecule has 1 aromatic rings. The highest BCUT2D eigenvalue weighted by Gasteiger charge is 2.50. The van der Waals surface area contributed by atoms with Crippen molar-refractivity contribution in [1.82, 2.24) is 4.90 Å². The summed E-state index contributed by atoms with van der Waals surface area (Å²) in [6, 6.07) is 4.99. The van der Waals surface area contributed by atoms with E-state index in [4.69, 9.17) is 27.9 Å². The van der Waals surface area contributed by atoms with Crippen LogP contribution in [0.2, 0.25) is 10.0 Å². The van der Waals surface area contributed by atoms with Crippen LogP contribution in [-0.2, 0) is 9.53 Å². The van der Waals surface area contributed by atoms with E-state index in [1.165, 1.54) is 6.07 Å². The predicted octanol–water partition coefficient (Wildman–Crippen LogP) is 4.58. The molecular formula is C19H23Cl2NO3. The summed E-state index contributed by atoms with van der Waals surface area (Å²) in [5.74, 6) is -0.771. The third-order valence-electron chi connectivity index (χ3n) is 5.23. The molecule has 2 aliphatic rings. The van der Waals surface area contributed by atoms with Crippen molar-refractivity contribution < 1.29 is 14.3 Å². The Kier molecular flexibility index (Phi) is 4.80. The number of nitrogens with zero attached hydrogens (tertiary/aromatic N) is 1. The topological polar surface area (TPSA) is 46.6 Å². The van der Waals surface area contributed by atoms with Gasteiger partial charge in [0.05, 0.1) is 15.6 Å². The molecule has 0 radical (unpaired) electrons. The van der Waals surface area contributed by atoms with Crippen LogP contribution in [0.3, 0.4) is 0 Å². The molecule has 2 bridgehead atoms. The van der Waals surface area contributed by atoms with Crippen molar-refractivity contribution in [1.29, 1.82) is 0 Å². The lowest BCUT2D eigenvalue weighted by Crippen LogP contribution is -2.39. The van der Waals surface area contributed by atoms with Gasteiger partial charge in [-0.2, -0.15) is 0 Å². The van der Waals surface area contributed by atoms with Crippen LogP contribution >= 0.6 is 23.2 Å². The average molecular weight is 384 g/mol. The fourth-order valence-corrected chi connectivity index (χ4v) is 5.08. The lowest BCUT2D eigenvalue weighted by molar-refractivity contribution is -0.135. The van der Waals surface area contributed by atoms with Crippen LogP contribution in [-0.4, -0.2) is 36.0 Å². The molecule has 1 saturated carbocycles. The molecule has 3 rings (SSSR count). The van der Waals surface area contributed by atoms with E-state index < -0.39 is 5.97 Å². The normalized spacial score (nSPS) is 27.2. The van der Waals surface area contributed by atoms with E-state index in [1.54, 1.807) is 12.1 Å². The second-order valence-corrected chi connectivity index (χ2v) is 9.20. The van der Waals surface area contributed by atoms with Crippen LogP contribution in [0.4, 0.5) is 0 Å². The Morgan fingerprint density at radius 3 is 2.68 bits per heavy atom. The maximum absolute atomic E-state index is 12.6. The van der Waals surface area contributed by atoms with Crippen molar-refractivity contribution in [3.05, 3.63) is 33.8 Å². The average Bonchev–Trinajstić information content (AvgIpc) is 2.76. The quantitative estimate of drug-likeness (QED) is 0.717. The van der Waals surface area contributed by atoms with Crippen LogP contribution in [0.1, 0.15) is 50.4 Å². The van der Waals surface area contributed by atoms with Gasteiger partial charge in [0, 0.05) is 12.6 Å². The zero-order valence-electron chi connectivity index (χ0n) is 14.8. The summed E-state index contributed by atoms with van der Waals surface area (Å²) in [4.78, 5) is 26.7. The molecule has 4 nitrogen and oxygen atoms in total. The van der Waals surface area contributed by atoms with Gasteiger partial charge >= 0.3 is 5.97 Å². The molecule has 6 heteroatoms. The zero-order chi connectivity index (χ0) is 18.4. The van der Waals surface area contributed by atoms with Gasteiger partial charge in [0.2, 0.25) is 0 Å². The Morgan fingerprint density at radius 1 is 1.24 bits per heavy atom. The monoisotopic (exact) mass is 383 g/mol. The molecule has 2 atom stereocenters. The van der Waals surface area contributed by atoms with E-state index in [9.17, 15) is 9.59 Å². The second kappa shape index (κ2) is 6.48. The fraction of sp³-hybridized carbons (Fsp3) is 0.579. The number of benzene rings is 1. The maximum atomic E-state index is 12.6. The second-order valence-electron chi connectivity index (χ2n) is 8.41. The van der Waals surface area contributed by atoms with Crippen molar-refractivity contribution in [3.63, 3.8) is 0 Å². The lowest BCUT2D eigenvalue weighted by Gasteiger charge is -2.39. The van der Waals surface area contributed by atoms with Gasteiger partial charge in [-0.25, -0.2) is 4.79 Å². The summed E-state index contributed by atoms with van der Waals surface area (Å²) >= 11 is 11.9. The number of hydrogen-bond acceptors (Lipinski definition) is 3. The number of fused-ring (bicyclic) bond motifs is 2. The van der Waals surface area contributed by atoms with Gasteiger partial charge in [-0.3, -0.25) is 4.79 Å². The van der Waals surface area contributed by atoms with E-state index in [0.29, 0.717) is 0 Å². The van der Waals surface area contributed by atoms with Gasteiger partial charge in [-0.05, 0) is 42.2 Å². The minimum absolute atomic E-state index is 0.141. The van der Waals surface area contributed by atoms with E-state index in [2.05, 4.69) is 20.8 Å². The van der Waals surface area contributed by atoms with Crippen molar-refractivity contribution in [3.8, 4) is 0 Å². The zero-order valence-corrected chi connectivity index (χ0v) is 16.3. The molecule has 0 N–H and O–H groups in total. The molecule has 0 spiro atoms. The number of halogens is 2. The number of esters is 1. The SMILES string of the molecule is CC1(C)C[C@@H]2C[C@@](C)(CN2C(=O)COC(=O)c2cccc(Cl)c2Cl)C1. The largest absolute Gasteiger partial charge is 0.452 e. The summed E-state index contributed by atoms with van der Waals surface area (Å²) in [6.45, 7) is 7.22. The molecule has 1 aromatic carbocycles. The van der Waals surface area contributed by atoms with Crippen molar-refractivity contribution in [2.75, 3.05) is 13.2 Å². The first-order valence-corrected chi connectivity index (χ1v) is 9.26. The van der Waals surface area contributed by atoms with E-state index in [1.807, 2.05) is 4.90 Å². The number of carbonyl (C=O) groups excluding carboxylic acids is 2. The fourth-order valence-electron chi connectivity index (χ4n) is 4.70. The minimum Gasteiger partial charge on any atom is -0.452 e. The van der Waals surface area contributed by atoms with Crippen molar-refractivity contribution in [2.24, 2.45) is 10.8 Å². The van der Waals surface area contributed by atoms with Gasteiger partial charge < -0.3 is 9.64 Å². The summed E-state index contributed by atoms with van der Waals surface area (Å²) < 4.78 is 5.20. The lowest BCUT2D eigenvalue weighted by atomic mass is 9.65. The van der Waals surface area contributed by atoms with Crippen LogP contribution in [0.15, 0.2) is 18.2 Å². The smallest absolute Gasteiger partial charge is 0.340 e. The number of carbonyl (C=O) groups is 2. The van der Waals surface area contributed by atoms with Crippen LogP contribution in [0.5, 0.6) is 0 Å². The highest BCUT2D eigenvalue weighted by Crippen LogP contribution is 2.52. The summed E-state index contributed by atoms with van der Waals surface area (Å²) in [5.41, 5.74) is 0.565. The maximum Gasteiger partial charge on any atom is 0.340 e. The Morgan fingerprint density at radius 2 is 1.96 bits per heavy atom. The first-order valence-electron chi connectivity index (χ1n) is 8.51. The third kappa shape index (κ3) is 3.80. The van der Waals surface area contributed by atoms with E-state index in [0.717, 1.165) is 25.8 Å². The Bertz CT molecular complexity index is 719. The number of hydrogen-bond donors (Lipinski definition) is 0. The van der Waals surface area contributed by atoms with E-state index >= 15 is 0 Å². The molecule has 136 valence electrons. The van der Waals surface area contributed by atoms with Crippen LogP contribution in [0.25, 0.3) is 0 Å². The van der Waals surface area contributed by atoms with Gasteiger partial charge in [-0.1, -0.05) is 50.0 Å². The summed E-state index contributed by atoms with van der Waals surface area (Å²) in [6.07, 6.45) is 3.12. The molecule has 1 saturated heterocycles. The standard InChI is InChI=1S/C19H23Cl2NO3/c1-18(2)7-12-8-19(3,10-18)11-22(12)15(23)9-25-17(24)13-5-4-6-14(20)16(13)21/h4-6,12H,7-11H2,1-3H3/t12-,19-/m1/s1. The third-order valence-corrected chi connectivity index (χ3v) is 6.05.